The summed E-state index contributed by atoms with van der Waals surface area (Å²) in [6.07, 6.45) is 0.850. The molecule has 2 N–H and O–H groups in total. The first kappa shape index (κ1) is 24.3. The van der Waals surface area contributed by atoms with Crippen LogP contribution in [-0.2, 0) is 14.8 Å². The molecule has 0 aromatic heterocycles. The number of hydrogen-bond donors (Lipinski definition) is 2. The summed E-state index contributed by atoms with van der Waals surface area (Å²) < 4.78 is 52.3. The van der Waals surface area contributed by atoms with Gasteiger partial charge >= 0.3 is 0 Å². The first-order valence-corrected chi connectivity index (χ1v) is 11.2. The van der Waals surface area contributed by atoms with Crippen molar-refractivity contribution >= 4 is 33.2 Å². The molecule has 0 bridgehead atoms. The van der Waals surface area contributed by atoms with Crippen molar-refractivity contribution in [1.82, 2.24) is 5.32 Å². The summed E-state index contributed by atoms with van der Waals surface area (Å²) in [5.41, 5.74) is -0.347. The lowest BCUT2D eigenvalue weighted by Gasteiger charge is -2.28. The number of sulfonamides is 1. The van der Waals surface area contributed by atoms with E-state index in [1.165, 1.54) is 19.1 Å². The van der Waals surface area contributed by atoms with E-state index < -0.39 is 45.1 Å². The minimum atomic E-state index is -4.03. The third-order valence-corrected chi connectivity index (χ3v) is 5.41. The molecule has 1 unspecified atom stereocenters. The van der Waals surface area contributed by atoms with Gasteiger partial charge in [0.05, 0.1) is 23.2 Å². The molecule has 31 heavy (non-hydrogen) atoms. The number of para-hydroxylation sites is 1. The molecule has 2 aromatic rings. The van der Waals surface area contributed by atoms with E-state index in [0.29, 0.717) is 10.4 Å². The second-order valence-corrected chi connectivity index (χ2v) is 9.93. The number of hydrogen-bond acceptors (Lipinski definition) is 4. The number of rotatable bonds is 6. The van der Waals surface area contributed by atoms with E-state index in [0.717, 1.165) is 18.4 Å². The maximum atomic E-state index is 13.7. The van der Waals surface area contributed by atoms with E-state index in [1.807, 2.05) is 0 Å². The van der Waals surface area contributed by atoms with Gasteiger partial charge in [-0.15, -0.1) is 0 Å². The van der Waals surface area contributed by atoms with Crippen molar-refractivity contribution in [2.24, 2.45) is 0 Å². The van der Waals surface area contributed by atoms with Gasteiger partial charge in [0.2, 0.25) is 15.9 Å². The van der Waals surface area contributed by atoms with E-state index in [1.54, 1.807) is 32.9 Å². The van der Waals surface area contributed by atoms with Crippen LogP contribution in [0.25, 0.3) is 0 Å². The number of nitrogens with one attached hydrogen (secondary N) is 2. The second-order valence-electron chi connectivity index (χ2n) is 8.07. The average molecular weight is 454 g/mol. The summed E-state index contributed by atoms with van der Waals surface area (Å²) in [6.45, 7) is 6.72. The standard InChI is InChI=1S/C21H25F2N3O4S/c1-13(26(31(5,29)30)14-10-11-16(22)17(23)12-14)19(27)24-18-9-7-6-8-15(18)20(28)25-21(2,3)4/h6-13H,1-5H3,(H,24,27)(H,25,28). The van der Waals surface area contributed by atoms with Gasteiger partial charge in [0.25, 0.3) is 5.91 Å². The van der Waals surface area contributed by atoms with E-state index in [-0.39, 0.29) is 16.9 Å². The van der Waals surface area contributed by atoms with Crippen LogP contribution in [0, 0.1) is 11.6 Å². The Morgan fingerprint density at radius 2 is 1.65 bits per heavy atom. The first-order chi connectivity index (χ1) is 14.2. The van der Waals surface area contributed by atoms with Gasteiger partial charge in [-0.2, -0.15) is 0 Å². The van der Waals surface area contributed by atoms with Crippen LogP contribution in [0.4, 0.5) is 20.2 Å². The van der Waals surface area contributed by atoms with E-state index in [2.05, 4.69) is 10.6 Å². The van der Waals surface area contributed by atoms with Crippen LogP contribution in [0.2, 0.25) is 0 Å². The van der Waals surface area contributed by atoms with Crippen molar-refractivity contribution in [2.75, 3.05) is 15.9 Å². The Balaban J connectivity index is 2.36. The molecular formula is C21H25F2N3O4S. The van der Waals surface area contributed by atoms with Crippen molar-refractivity contribution in [2.45, 2.75) is 39.3 Å². The molecule has 2 rings (SSSR count). The SMILES string of the molecule is CC(C(=O)Nc1ccccc1C(=O)NC(C)(C)C)N(c1ccc(F)c(F)c1)S(C)(=O)=O. The molecule has 0 aliphatic rings. The number of carbonyl (C=O) groups is 2. The van der Waals surface area contributed by atoms with E-state index >= 15 is 0 Å². The van der Waals surface area contributed by atoms with Gasteiger partial charge in [-0.25, -0.2) is 17.2 Å². The van der Waals surface area contributed by atoms with Crippen molar-refractivity contribution < 1.29 is 26.8 Å². The van der Waals surface area contributed by atoms with Gasteiger partial charge in [0.15, 0.2) is 11.6 Å². The summed E-state index contributed by atoms with van der Waals surface area (Å²) in [4.78, 5) is 25.4. The summed E-state index contributed by atoms with van der Waals surface area (Å²) in [7, 11) is -4.03. The maximum absolute atomic E-state index is 13.7. The van der Waals surface area contributed by atoms with Crippen LogP contribution in [0.5, 0.6) is 0 Å². The Morgan fingerprint density at radius 1 is 1.03 bits per heavy atom. The fraction of sp³-hybridized carbons (Fsp3) is 0.333. The number of carbonyl (C=O) groups excluding carboxylic acids is 2. The minimum absolute atomic E-state index is 0.180. The highest BCUT2D eigenvalue weighted by atomic mass is 32.2. The van der Waals surface area contributed by atoms with Gasteiger partial charge in [0.1, 0.15) is 6.04 Å². The Hall–Kier alpha value is -3.01. The Morgan fingerprint density at radius 3 is 2.19 bits per heavy atom. The quantitative estimate of drug-likeness (QED) is 0.702. The van der Waals surface area contributed by atoms with Gasteiger partial charge in [-0.1, -0.05) is 12.1 Å². The van der Waals surface area contributed by atoms with E-state index in [4.69, 9.17) is 0 Å². The minimum Gasteiger partial charge on any atom is -0.347 e. The average Bonchev–Trinajstić information content (AvgIpc) is 2.62. The number of amides is 2. The molecule has 168 valence electrons. The molecule has 0 saturated carbocycles. The third-order valence-electron chi connectivity index (χ3n) is 4.16. The molecule has 0 heterocycles. The molecule has 0 fully saturated rings. The Labute approximate surface area is 180 Å². The molecule has 1 atom stereocenters. The smallest absolute Gasteiger partial charge is 0.253 e. The summed E-state index contributed by atoms with van der Waals surface area (Å²) in [5, 5.41) is 5.34. The Kier molecular flexibility index (Phi) is 7.05. The molecular weight excluding hydrogens is 428 g/mol. The highest BCUT2D eigenvalue weighted by Crippen LogP contribution is 2.24. The molecule has 10 heteroatoms. The zero-order valence-corrected chi connectivity index (χ0v) is 18.7. The van der Waals surface area contributed by atoms with Crippen LogP contribution in [-0.4, -0.2) is 38.1 Å². The lowest BCUT2D eigenvalue weighted by molar-refractivity contribution is -0.116. The fourth-order valence-electron chi connectivity index (χ4n) is 2.87. The van der Waals surface area contributed by atoms with Gasteiger partial charge < -0.3 is 10.6 Å². The fourth-order valence-corrected chi connectivity index (χ4v) is 4.03. The number of nitrogens with zero attached hydrogens (tertiary/aromatic N) is 1. The summed E-state index contributed by atoms with van der Waals surface area (Å²) >= 11 is 0. The molecule has 2 amide bonds. The lowest BCUT2D eigenvalue weighted by atomic mass is 10.1. The van der Waals surface area contributed by atoms with Crippen LogP contribution in [0.3, 0.4) is 0 Å². The molecule has 2 aromatic carbocycles. The molecule has 0 radical (unpaired) electrons. The monoisotopic (exact) mass is 453 g/mol. The number of anilines is 2. The van der Waals surface area contributed by atoms with E-state index in [9.17, 15) is 26.8 Å². The number of benzene rings is 2. The zero-order valence-electron chi connectivity index (χ0n) is 17.9. The van der Waals surface area contributed by atoms with Crippen molar-refractivity contribution in [3.63, 3.8) is 0 Å². The maximum Gasteiger partial charge on any atom is 0.253 e. The predicted molar refractivity (Wildman–Crippen MR) is 115 cm³/mol. The normalized spacial score (nSPS) is 12.7. The first-order valence-electron chi connectivity index (χ1n) is 9.37. The van der Waals surface area contributed by atoms with Gasteiger partial charge in [0, 0.05) is 11.6 Å². The zero-order chi connectivity index (χ0) is 23.6. The van der Waals surface area contributed by atoms with Crippen LogP contribution >= 0.6 is 0 Å². The largest absolute Gasteiger partial charge is 0.347 e. The Bertz CT molecular complexity index is 1100. The van der Waals surface area contributed by atoms with Crippen molar-refractivity contribution in [3.05, 3.63) is 59.7 Å². The third kappa shape index (κ3) is 6.24. The summed E-state index contributed by atoms with van der Waals surface area (Å²) in [6, 6.07) is 7.48. The van der Waals surface area contributed by atoms with Gasteiger partial charge in [-0.3, -0.25) is 13.9 Å². The van der Waals surface area contributed by atoms with Crippen LogP contribution in [0.15, 0.2) is 42.5 Å². The van der Waals surface area contributed by atoms with Crippen molar-refractivity contribution in [1.29, 1.82) is 0 Å². The van der Waals surface area contributed by atoms with Crippen molar-refractivity contribution in [3.8, 4) is 0 Å². The molecule has 7 nitrogen and oxygen atoms in total. The molecule has 0 aliphatic heterocycles. The topological polar surface area (TPSA) is 95.6 Å². The number of halogens is 2. The van der Waals surface area contributed by atoms with Crippen LogP contribution in [0.1, 0.15) is 38.1 Å². The highest BCUT2D eigenvalue weighted by molar-refractivity contribution is 7.92. The lowest BCUT2D eigenvalue weighted by Crippen LogP contribution is -2.46. The molecule has 0 spiro atoms. The molecule has 0 aliphatic carbocycles. The summed E-state index contributed by atoms with van der Waals surface area (Å²) in [5.74, 6) is -3.57. The van der Waals surface area contributed by atoms with Gasteiger partial charge in [-0.05, 0) is 52.0 Å². The van der Waals surface area contributed by atoms with Crippen LogP contribution < -0.4 is 14.9 Å². The second kappa shape index (κ2) is 9.01. The molecule has 0 saturated heterocycles. The predicted octanol–water partition coefficient (Wildman–Crippen LogP) is 3.29. The highest BCUT2D eigenvalue weighted by Gasteiger charge is 2.30.